The average molecular weight is 417 g/mol. The second kappa shape index (κ2) is 7.48. The Morgan fingerprint density at radius 3 is 2.17 bits per heavy atom. The molecule has 5 nitrogen and oxygen atoms in total. The Balaban J connectivity index is 2.02. The monoisotopic (exact) mass is 417 g/mol. The first kappa shape index (κ1) is 21.9. The van der Waals surface area contributed by atoms with Crippen molar-refractivity contribution in [2.75, 3.05) is 13.2 Å². The third-order valence-corrected chi connectivity index (χ3v) is 5.48. The van der Waals surface area contributed by atoms with Gasteiger partial charge in [-0.3, -0.25) is 0 Å². The summed E-state index contributed by atoms with van der Waals surface area (Å²) < 4.78 is 77.0. The second-order valence-corrected chi connectivity index (χ2v) is 8.13. The van der Waals surface area contributed by atoms with Crippen LogP contribution in [-0.4, -0.2) is 43.8 Å². The molecule has 1 aromatic rings. The first-order valence-corrected chi connectivity index (χ1v) is 9.28. The molecule has 10 heteroatoms. The summed E-state index contributed by atoms with van der Waals surface area (Å²) in [5.41, 5.74) is 2.62. The van der Waals surface area contributed by atoms with Crippen molar-refractivity contribution in [1.29, 1.82) is 0 Å². The van der Waals surface area contributed by atoms with Crippen molar-refractivity contribution in [3.63, 3.8) is 0 Å². The first-order chi connectivity index (χ1) is 13.3. The predicted octanol–water partition coefficient (Wildman–Crippen LogP) is 4.05. The fraction of sp³-hybridized carbons (Fsp3) is 0.579. The fourth-order valence-electron chi connectivity index (χ4n) is 3.01. The van der Waals surface area contributed by atoms with Gasteiger partial charge in [0.25, 0.3) is 0 Å². The fourth-order valence-corrected chi connectivity index (χ4v) is 3.01. The minimum atomic E-state index is -4.69. The highest BCUT2D eigenvalue weighted by molar-refractivity contribution is 6.55. The van der Waals surface area contributed by atoms with Gasteiger partial charge in [0.15, 0.2) is 11.5 Å². The Kier molecular flexibility index (Phi) is 5.66. The van der Waals surface area contributed by atoms with Crippen molar-refractivity contribution >= 4 is 12.7 Å². The lowest BCUT2D eigenvalue weighted by Gasteiger charge is -2.32. The summed E-state index contributed by atoms with van der Waals surface area (Å²) in [4.78, 5) is 0. The van der Waals surface area contributed by atoms with E-state index in [-0.39, 0.29) is 17.7 Å². The quantitative estimate of drug-likeness (QED) is 0.592. The van der Waals surface area contributed by atoms with Gasteiger partial charge in [-0.1, -0.05) is 6.07 Å². The average Bonchev–Trinajstić information content (AvgIpc) is 2.85. The van der Waals surface area contributed by atoms with E-state index in [0.29, 0.717) is 18.1 Å². The molecule has 0 amide bonds. The van der Waals surface area contributed by atoms with Crippen LogP contribution in [0.4, 0.5) is 17.6 Å². The van der Waals surface area contributed by atoms with Crippen molar-refractivity contribution in [3.05, 3.63) is 29.5 Å². The lowest BCUT2D eigenvalue weighted by molar-refractivity contribution is -0.146. The molecule has 0 radical (unpaired) electrons. The Bertz CT molecular complexity index is 794. The highest BCUT2D eigenvalue weighted by Gasteiger charge is 2.54. The third-order valence-electron chi connectivity index (χ3n) is 5.48. The van der Waals surface area contributed by atoms with Crippen LogP contribution in [0.25, 0.3) is 5.57 Å². The maximum Gasteiger partial charge on any atom is 0.525 e. The molecule has 0 spiro atoms. The summed E-state index contributed by atoms with van der Waals surface area (Å²) >= 11 is 0. The van der Waals surface area contributed by atoms with Crippen molar-refractivity contribution in [2.24, 2.45) is 5.73 Å². The van der Waals surface area contributed by atoms with E-state index in [1.165, 1.54) is 18.2 Å². The Morgan fingerprint density at radius 2 is 1.62 bits per heavy atom. The summed E-state index contributed by atoms with van der Waals surface area (Å²) in [6.45, 7) is 7.56. The van der Waals surface area contributed by atoms with Crippen LogP contribution in [-0.2, 0) is 9.31 Å². The zero-order valence-electron chi connectivity index (χ0n) is 16.7. The van der Waals surface area contributed by atoms with Gasteiger partial charge in [0, 0.05) is 0 Å². The number of ether oxygens (including phenoxy) is 2. The maximum absolute atomic E-state index is 15.5. The van der Waals surface area contributed by atoms with E-state index in [1.54, 1.807) is 27.7 Å². The number of benzene rings is 1. The Hall–Kier alpha value is -1.78. The van der Waals surface area contributed by atoms with Crippen LogP contribution in [0.3, 0.4) is 0 Å². The molecule has 1 saturated heterocycles. The number of fused-ring (bicyclic) bond motifs is 1. The van der Waals surface area contributed by atoms with Gasteiger partial charge in [0.05, 0.1) is 11.2 Å². The third kappa shape index (κ3) is 4.39. The number of rotatable bonds is 4. The first-order valence-electron chi connectivity index (χ1n) is 9.28. The SMILES string of the molecule is CC1(C)OB(C(F)=C(CC(N)C(F)(F)F)c2ccc3c(c2)OCCO3)OC1(C)C. The molecule has 29 heavy (non-hydrogen) atoms. The van der Waals surface area contributed by atoms with Crippen LogP contribution < -0.4 is 15.2 Å². The predicted molar refractivity (Wildman–Crippen MR) is 100 cm³/mol. The van der Waals surface area contributed by atoms with Crippen LogP contribution in [0.15, 0.2) is 23.9 Å². The number of alkyl halides is 3. The minimum Gasteiger partial charge on any atom is -0.486 e. The van der Waals surface area contributed by atoms with Crippen molar-refractivity contribution in [2.45, 2.75) is 57.5 Å². The van der Waals surface area contributed by atoms with Crippen LogP contribution in [0.1, 0.15) is 39.7 Å². The molecule has 1 atom stereocenters. The van der Waals surface area contributed by atoms with Gasteiger partial charge in [0.1, 0.15) is 25.0 Å². The van der Waals surface area contributed by atoms with E-state index in [2.05, 4.69) is 0 Å². The van der Waals surface area contributed by atoms with E-state index in [9.17, 15) is 13.2 Å². The zero-order chi connectivity index (χ0) is 21.6. The molecule has 2 N–H and O–H groups in total. The van der Waals surface area contributed by atoms with Crippen LogP contribution in [0.2, 0.25) is 0 Å². The molecule has 160 valence electrons. The molecular weight excluding hydrogens is 393 g/mol. The van der Waals surface area contributed by atoms with E-state index < -0.39 is 42.7 Å². The smallest absolute Gasteiger partial charge is 0.486 e. The van der Waals surface area contributed by atoms with Crippen LogP contribution in [0, 0.1) is 0 Å². The van der Waals surface area contributed by atoms with Crippen molar-refractivity contribution < 1.29 is 36.3 Å². The Morgan fingerprint density at radius 1 is 1.07 bits per heavy atom. The van der Waals surface area contributed by atoms with Gasteiger partial charge in [-0.15, -0.1) is 0 Å². The highest BCUT2D eigenvalue weighted by atomic mass is 19.4. The van der Waals surface area contributed by atoms with E-state index >= 15 is 4.39 Å². The van der Waals surface area contributed by atoms with Gasteiger partial charge in [-0.05, 0) is 57.4 Å². The molecule has 2 heterocycles. The van der Waals surface area contributed by atoms with Crippen molar-refractivity contribution in [3.8, 4) is 11.5 Å². The summed E-state index contributed by atoms with van der Waals surface area (Å²) in [7, 11) is -1.44. The molecule has 3 rings (SSSR count). The van der Waals surface area contributed by atoms with Crippen molar-refractivity contribution in [1.82, 2.24) is 0 Å². The van der Waals surface area contributed by atoms with Gasteiger partial charge < -0.3 is 24.5 Å². The standard InChI is InChI=1S/C19H24BF4NO4/c1-17(2)18(3,4)29-20(28-17)16(21)12(10-15(25)19(22,23)24)11-5-6-13-14(9-11)27-8-7-26-13/h5-6,9,15H,7-8,10,25H2,1-4H3. The largest absolute Gasteiger partial charge is 0.525 e. The molecule has 0 aromatic heterocycles. The zero-order valence-corrected chi connectivity index (χ0v) is 16.7. The van der Waals surface area contributed by atoms with Crippen LogP contribution >= 0.6 is 0 Å². The second-order valence-electron chi connectivity index (χ2n) is 8.13. The van der Waals surface area contributed by atoms with Gasteiger partial charge in [-0.2, -0.15) is 13.2 Å². The number of hydrogen-bond donors (Lipinski definition) is 1. The summed E-state index contributed by atoms with van der Waals surface area (Å²) in [5.74, 6) is 0.768. The molecule has 2 aliphatic rings. The lowest BCUT2D eigenvalue weighted by Crippen LogP contribution is -2.41. The molecule has 0 bridgehead atoms. The molecule has 1 unspecified atom stereocenters. The maximum atomic E-state index is 15.5. The minimum absolute atomic E-state index is 0.196. The summed E-state index contributed by atoms with van der Waals surface area (Å²) in [5, 5.41) is 0. The summed E-state index contributed by atoms with van der Waals surface area (Å²) in [6.07, 6.45) is -5.46. The number of nitrogens with two attached hydrogens (primary N) is 1. The topological polar surface area (TPSA) is 62.9 Å². The van der Waals surface area contributed by atoms with Gasteiger partial charge >= 0.3 is 13.3 Å². The Labute approximate surface area is 167 Å². The molecule has 0 aliphatic carbocycles. The number of halogens is 4. The van der Waals surface area contributed by atoms with Gasteiger partial charge in [-0.25, -0.2) is 4.39 Å². The normalized spacial score (nSPS) is 22.3. The number of hydrogen-bond acceptors (Lipinski definition) is 5. The summed E-state index contributed by atoms with van der Waals surface area (Å²) in [6, 6.07) is 2.19. The molecule has 1 aromatic carbocycles. The van der Waals surface area contributed by atoms with E-state index in [1.807, 2.05) is 0 Å². The highest BCUT2D eigenvalue weighted by Crippen LogP contribution is 2.42. The van der Waals surface area contributed by atoms with Gasteiger partial charge in [0.2, 0.25) is 0 Å². The lowest BCUT2D eigenvalue weighted by atomic mass is 9.80. The molecule has 0 saturated carbocycles. The molecule has 2 aliphatic heterocycles. The molecular formula is C19H24BF4NO4. The van der Waals surface area contributed by atoms with E-state index in [0.717, 1.165) is 0 Å². The molecule has 1 fully saturated rings. The van der Waals surface area contributed by atoms with E-state index in [4.69, 9.17) is 24.5 Å². The van der Waals surface area contributed by atoms with Crippen LogP contribution in [0.5, 0.6) is 11.5 Å².